The van der Waals surface area contributed by atoms with Gasteiger partial charge in [0.05, 0.1) is 6.10 Å². The molecule has 98 valence electrons. The summed E-state index contributed by atoms with van der Waals surface area (Å²) < 4.78 is 13.1. The fourth-order valence-corrected chi connectivity index (χ4v) is 2.26. The average Bonchev–Trinajstić information content (AvgIpc) is 2.34. The summed E-state index contributed by atoms with van der Waals surface area (Å²) in [6.07, 6.45) is -0.387. The van der Waals surface area contributed by atoms with E-state index in [1.54, 1.807) is 24.8 Å². The second kappa shape index (κ2) is 7.42. The van der Waals surface area contributed by atoms with Crippen LogP contribution in [0.4, 0.5) is 4.39 Å². The van der Waals surface area contributed by atoms with Crippen molar-refractivity contribution in [2.24, 2.45) is 0 Å². The standard InChI is InChI=1S/C14H17FO2S/c1-10(17)11(2)18-9-13-5-6-14(15)8-12(13)4-3-7-16/h5-6,8,10-11,16-17H,7,9H2,1-2H3. The molecular weight excluding hydrogens is 251 g/mol. The molecule has 0 saturated heterocycles. The number of benzene rings is 1. The van der Waals surface area contributed by atoms with Gasteiger partial charge in [0.15, 0.2) is 0 Å². The number of aliphatic hydroxyl groups excluding tert-OH is 2. The summed E-state index contributed by atoms with van der Waals surface area (Å²) in [6.45, 7) is 3.44. The fraction of sp³-hybridized carbons (Fsp3) is 0.429. The van der Waals surface area contributed by atoms with Crippen molar-refractivity contribution in [3.63, 3.8) is 0 Å². The van der Waals surface area contributed by atoms with E-state index in [4.69, 9.17) is 5.11 Å². The van der Waals surface area contributed by atoms with E-state index in [0.717, 1.165) is 5.56 Å². The number of aliphatic hydroxyl groups is 2. The van der Waals surface area contributed by atoms with Gasteiger partial charge in [0.2, 0.25) is 0 Å². The Morgan fingerprint density at radius 2 is 2.11 bits per heavy atom. The van der Waals surface area contributed by atoms with Gasteiger partial charge in [0.25, 0.3) is 0 Å². The molecule has 2 nitrogen and oxygen atoms in total. The van der Waals surface area contributed by atoms with Crippen LogP contribution in [0.25, 0.3) is 0 Å². The summed E-state index contributed by atoms with van der Waals surface area (Å²) in [7, 11) is 0. The Labute approximate surface area is 111 Å². The first-order valence-electron chi connectivity index (χ1n) is 5.72. The van der Waals surface area contributed by atoms with Crippen molar-refractivity contribution >= 4 is 11.8 Å². The second-order valence-corrected chi connectivity index (χ2v) is 5.38. The number of hydrogen-bond donors (Lipinski definition) is 2. The van der Waals surface area contributed by atoms with Gasteiger partial charge in [-0.25, -0.2) is 4.39 Å². The van der Waals surface area contributed by atoms with E-state index >= 15 is 0 Å². The highest BCUT2D eigenvalue weighted by atomic mass is 32.2. The van der Waals surface area contributed by atoms with Crippen LogP contribution in [0.2, 0.25) is 0 Å². The molecule has 0 radical (unpaired) electrons. The predicted molar refractivity (Wildman–Crippen MR) is 72.8 cm³/mol. The van der Waals surface area contributed by atoms with Gasteiger partial charge in [-0.05, 0) is 24.6 Å². The third-order valence-corrected chi connectivity index (χ3v) is 3.95. The average molecular weight is 268 g/mol. The molecule has 0 aliphatic heterocycles. The second-order valence-electron chi connectivity index (χ2n) is 4.02. The maximum Gasteiger partial charge on any atom is 0.124 e. The van der Waals surface area contributed by atoms with Crippen molar-refractivity contribution in [1.29, 1.82) is 0 Å². The first-order valence-corrected chi connectivity index (χ1v) is 6.77. The molecule has 0 spiro atoms. The molecule has 2 N–H and O–H groups in total. The lowest BCUT2D eigenvalue weighted by Gasteiger charge is -2.14. The molecule has 18 heavy (non-hydrogen) atoms. The lowest BCUT2D eigenvalue weighted by atomic mass is 10.1. The van der Waals surface area contributed by atoms with Gasteiger partial charge >= 0.3 is 0 Å². The zero-order chi connectivity index (χ0) is 13.5. The van der Waals surface area contributed by atoms with Crippen LogP contribution >= 0.6 is 11.8 Å². The topological polar surface area (TPSA) is 40.5 Å². The number of halogens is 1. The normalized spacial score (nSPS) is 13.6. The fourth-order valence-electron chi connectivity index (χ4n) is 1.29. The number of rotatable bonds is 4. The summed E-state index contributed by atoms with van der Waals surface area (Å²) in [4.78, 5) is 0. The number of hydrogen-bond acceptors (Lipinski definition) is 3. The molecule has 0 fully saturated rings. The Kier molecular flexibility index (Phi) is 6.20. The molecule has 0 aromatic heterocycles. The van der Waals surface area contributed by atoms with Gasteiger partial charge in [-0.1, -0.05) is 24.8 Å². The first-order chi connectivity index (χ1) is 8.54. The highest BCUT2D eigenvalue weighted by molar-refractivity contribution is 7.99. The van der Waals surface area contributed by atoms with E-state index < -0.39 is 0 Å². The predicted octanol–water partition coefficient (Wildman–Crippen LogP) is 2.17. The van der Waals surface area contributed by atoms with Crippen molar-refractivity contribution in [3.05, 3.63) is 35.1 Å². The van der Waals surface area contributed by atoms with E-state index in [9.17, 15) is 9.50 Å². The van der Waals surface area contributed by atoms with Crippen molar-refractivity contribution in [1.82, 2.24) is 0 Å². The monoisotopic (exact) mass is 268 g/mol. The minimum Gasteiger partial charge on any atom is -0.392 e. The van der Waals surface area contributed by atoms with Crippen LogP contribution in [0.5, 0.6) is 0 Å². The van der Waals surface area contributed by atoms with Gasteiger partial charge in [-0.2, -0.15) is 11.8 Å². The molecule has 0 bridgehead atoms. The molecule has 1 rings (SSSR count). The van der Waals surface area contributed by atoms with Gasteiger partial charge in [-0.3, -0.25) is 0 Å². The van der Waals surface area contributed by atoms with Crippen molar-refractivity contribution in [2.45, 2.75) is 31.0 Å². The van der Waals surface area contributed by atoms with Crippen LogP contribution in [-0.2, 0) is 5.75 Å². The maximum atomic E-state index is 13.1. The minimum absolute atomic E-state index is 0.105. The zero-order valence-electron chi connectivity index (χ0n) is 10.5. The Bertz CT molecular complexity index is 449. The minimum atomic E-state index is -0.387. The molecule has 1 aromatic rings. The molecule has 1 aromatic carbocycles. The lowest BCUT2D eigenvalue weighted by Crippen LogP contribution is -2.15. The van der Waals surface area contributed by atoms with Crippen LogP contribution < -0.4 is 0 Å². The molecule has 0 aliphatic carbocycles. The summed E-state index contributed by atoms with van der Waals surface area (Å²) in [5, 5.41) is 18.2. The Morgan fingerprint density at radius 3 is 2.72 bits per heavy atom. The van der Waals surface area contributed by atoms with E-state index in [1.165, 1.54) is 12.1 Å². The van der Waals surface area contributed by atoms with E-state index in [-0.39, 0.29) is 23.8 Å². The largest absolute Gasteiger partial charge is 0.392 e. The summed E-state index contributed by atoms with van der Waals surface area (Å²) in [5.41, 5.74) is 1.50. The summed E-state index contributed by atoms with van der Waals surface area (Å²) in [6, 6.07) is 4.46. The maximum absolute atomic E-state index is 13.1. The molecule has 0 amide bonds. The van der Waals surface area contributed by atoms with Crippen LogP contribution in [0.3, 0.4) is 0 Å². The Hall–Kier alpha value is -1.02. The van der Waals surface area contributed by atoms with E-state index in [1.807, 2.05) is 6.92 Å². The van der Waals surface area contributed by atoms with Crippen molar-refractivity contribution in [3.8, 4) is 11.8 Å². The number of thioether (sulfide) groups is 1. The SMILES string of the molecule is CC(O)C(C)SCc1ccc(F)cc1C#CCO. The van der Waals surface area contributed by atoms with Gasteiger partial charge in [0, 0.05) is 16.6 Å². The van der Waals surface area contributed by atoms with Crippen LogP contribution in [0.1, 0.15) is 25.0 Å². The Balaban J connectivity index is 2.81. The highest BCUT2D eigenvalue weighted by Gasteiger charge is 2.10. The summed E-state index contributed by atoms with van der Waals surface area (Å²) >= 11 is 1.59. The van der Waals surface area contributed by atoms with Crippen LogP contribution in [0, 0.1) is 17.7 Å². The van der Waals surface area contributed by atoms with Gasteiger partial charge < -0.3 is 10.2 Å². The molecule has 4 heteroatoms. The zero-order valence-corrected chi connectivity index (χ0v) is 11.3. The molecule has 2 atom stereocenters. The molecule has 2 unspecified atom stereocenters. The van der Waals surface area contributed by atoms with E-state index in [2.05, 4.69) is 11.8 Å². The molecule has 0 saturated carbocycles. The van der Waals surface area contributed by atoms with Gasteiger partial charge in [-0.15, -0.1) is 0 Å². The Morgan fingerprint density at radius 1 is 1.39 bits per heavy atom. The quantitative estimate of drug-likeness (QED) is 0.822. The van der Waals surface area contributed by atoms with Crippen molar-refractivity contribution < 1.29 is 14.6 Å². The molecule has 0 aliphatic rings. The van der Waals surface area contributed by atoms with Crippen LogP contribution in [-0.4, -0.2) is 28.2 Å². The first kappa shape index (κ1) is 15.0. The summed E-state index contributed by atoms with van der Waals surface area (Å²) in [5.74, 6) is 5.58. The van der Waals surface area contributed by atoms with Crippen LogP contribution in [0.15, 0.2) is 18.2 Å². The lowest BCUT2D eigenvalue weighted by molar-refractivity contribution is 0.196. The molecule has 0 heterocycles. The van der Waals surface area contributed by atoms with Gasteiger partial charge in [0.1, 0.15) is 12.4 Å². The molecular formula is C14H17FO2S. The third kappa shape index (κ3) is 4.69. The third-order valence-electron chi connectivity index (χ3n) is 2.56. The highest BCUT2D eigenvalue weighted by Crippen LogP contribution is 2.22. The van der Waals surface area contributed by atoms with E-state index in [0.29, 0.717) is 11.3 Å². The smallest absolute Gasteiger partial charge is 0.124 e. The van der Waals surface area contributed by atoms with Crippen molar-refractivity contribution in [2.75, 3.05) is 6.61 Å².